The van der Waals surface area contributed by atoms with E-state index in [0.717, 1.165) is 21.9 Å². The number of ether oxygens (including phenoxy) is 1. The number of carbonyl (C=O) groups excluding carboxylic acids is 1. The zero-order valence-corrected chi connectivity index (χ0v) is 12.0. The lowest BCUT2D eigenvalue weighted by Crippen LogP contribution is -2.02. The average molecular weight is 292 g/mol. The lowest BCUT2D eigenvalue weighted by Gasteiger charge is -1.98. The lowest BCUT2D eigenvalue weighted by molar-refractivity contribution is -0.140. The van der Waals surface area contributed by atoms with E-state index in [4.69, 9.17) is 0 Å². The Labute approximate surface area is 118 Å². The second-order valence-corrected chi connectivity index (χ2v) is 5.71. The summed E-state index contributed by atoms with van der Waals surface area (Å²) >= 11 is 3.26. The van der Waals surface area contributed by atoms with Crippen molar-refractivity contribution in [2.75, 3.05) is 7.11 Å². The van der Waals surface area contributed by atoms with Gasteiger partial charge in [0.05, 0.1) is 19.2 Å². The second kappa shape index (κ2) is 5.14. The molecule has 3 aromatic heterocycles. The number of hydrogen-bond donors (Lipinski definition) is 0. The number of imidazole rings is 1. The van der Waals surface area contributed by atoms with Crippen LogP contribution in [0.25, 0.3) is 16.2 Å². The molecule has 0 fully saturated rings. The van der Waals surface area contributed by atoms with Gasteiger partial charge in [-0.1, -0.05) is 0 Å². The van der Waals surface area contributed by atoms with Gasteiger partial charge in [0.15, 0.2) is 4.96 Å². The van der Waals surface area contributed by atoms with E-state index in [1.54, 1.807) is 22.7 Å². The standard InChI is InChI=1S/C13H12N2O2S2/c1-17-12(16)3-2-10-8-19-13-14-11(6-15(10)13)9-4-5-18-7-9/h4-8H,2-3H2,1H3. The molecule has 0 atom stereocenters. The molecule has 6 heteroatoms. The highest BCUT2D eigenvalue weighted by molar-refractivity contribution is 7.15. The molecule has 0 aliphatic heterocycles. The molecule has 0 radical (unpaired) electrons. The first-order chi connectivity index (χ1) is 9.28. The highest BCUT2D eigenvalue weighted by Gasteiger charge is 2.11. The van der Waals surface area contributed by atoms with Crippen molar-refractivity contribution in [3.05, 3.63) is 34.1 Å². The van der Waals surface area contributed by atoms with Crippen LogP contribution in [0.4, 0.5) is 0 Å². The van der Waals surface area contributed by atoms with Gasteiger partial charge in [0, 0.05) is 28.2 Å². The van der Waals surface area contributed by atoms with E-state index >= 15 is 0 Å². The Morgan fingerprint density at radius 3 is 3.11 bits per heavy atom. The summed E-state index contributed by atoms with van der Waals surface area (Å²) in [7, 11) is 1.41. The molecule has 4 nitrogen and oxygen atoms in total. The van der Waals surface area contributed by atoms with Crippen LogP contribution in [-0.2, 0) is 16.0 Å². The molecule has 19 heavy (non-hydrogen) atoms. The van der Waals surface area contributed by atoms with Crippen molar-refractivity contribution < 1.29 is 9.53 Å². The van der Waals surface area contributed by atoms with Crippen molar-refractivity contribution in [1.82, 2.24) is 9.38 Å². The van der Waals surface area contributed by atoms with Gasteiger partial charge < -0.3 is 4.74 Å². The highest BCUT2D eigenvalue weighted by Crippen LogP contribution is 2.25. The Morgan fingerprint density at radius 2 is 2.37 bits per heavy atom. The van der Waals surface area contributed by atoms with Gasteiger partial charge in [-0.05, 0) is 17.9 Å². The number of aryl methyl sites for hydroxylation is 1. The van der Waals surface area contributed by atoms with Crippen LogP contribution in [0.2, 0.25) is 0 Å². The van der Waals surface area contributed by atoms with Gasteiger partial charge in [-0.15, -0.1) is 11.3 Å². The van der Waals surface area contributed by atoms with Crippen LogP contribution in [0, 0.1) is 0 Å². The minimum atomic E-state index is -0.183. The molecule has 3 heterocycles. The van der Waals surface area contributed by atoms with Crippen LogP contribution >= 0.6 is 22.7 Å². The number of aromatic nitrogens is 2. The first-order valence-electron chi connectivity index (χ1n) is 5.83. The average Bonchev–Trinajstić information content (AvgIpc) is 3.11. The van der Waals surface area contributed by atoms with E-state index < -0.39 is 0 Å². The van der Waals surface area contributed by atoms with E-state index in [2.05, 4.69) is 25.6 Å². The molecule has 0 saturated heterocycles. The summed E-state index contributed by atoms with van der Waals surface area (Å²) in [4.78, 5) is 16.7. The predicted molar refractivity (Wildman–Crippen MR) is 76.7 cm³/mol. The number of carbonyl (C=O) groups is 1. The quantitative estimate of drug-likeness (QED) is 0.693. The number of methoxy groups -OCH3 is 1. The first kappa shape index (κ1) is 12.4. The Kier molecular flexibility index (Phi) is 3.35. The van der Waals surface area contributed by atoms with Crippen molar-refractivity contribution >= 4 is 33.6 Å². The van der Waals surface area contributed by atoms with Gasteiger partial charge in [0.25, 0.3) is 0 Å². The maximum atomic E-state index is 11.2. The Bertz CT molecular complexity index is 697. The maximum absolute atomic E-state index is 11.2. The molecule has 0 aromatic carbocycles. The molecule has 0 aliphatic carbocycles. The molecule has 0 unspecified atom stereocenters. The third-order valence-electron chi connectivity index (χ3n) is 2.91. The summed E-state index contributed by atoms with van der Waals surface area (Å²) in [5.74, 6) is -0.183. The van der Waals surface area contributed by atoms with Crippen molar-refractivity contribution in [3.63, 3.8) is 0 Å². The lowest BCUT2D eigenvalue weighted by atomic mass is 10.2. The van der Waals surface area contributed by atoms with Crippen molar-refractivity contribution in [1.29, 1.82) is 0 Å². The summed E-state index contributed by atoms with van der Waals surface area (Å²) in [6.45, 7) is 0. The molecule has 3 rings (SSSR count). The Hall–Kier alpha value is -1.66. The van der Waals surface area contributed by atoms with Crippen LogP contribution in [0.15, 0.2) is 28.4 Å². The fourth-order valence-electron chi connectivity index (χ4n) is 1.89. The minimum absolute atomic E-state index is 0.183. The van der Waals surface area contributed by atoms with Crippen molar-refractivity contribution in [3.8, 4) is 11.3 Å². The summed E-state index contributed by atoms with van der Waals surface area (Å²) in [5.41, 5.74) is 3.21. The van der Waals surface area contributed by atoms with Crippen LogP contribution in [0.5, 0.6) is 0 Å². The second-order valence-electron chi connectivity index (χ2n) is 4.09. The van der Waals surface area contributed by atoms with Crippen LogP contribution in [0.1, 0.15) is 12.1 Å². The van der Waals surface area contributed by atoms with Crippen LogP contribution < -0.4 is 0 Å². The summed E-state index contributed by atoms with van der Waals surface area (Å²) in [6, 6.07) is 2.06. The molecule has 0 bridgehead atoms. The van der Waals surface area contributed by atoms with Gasteiger partial charge in [-0.3, -0.25) is 9.20 Å². The van der Waals surface area contributed by atoms with Gasteiger partial charge in [-0.25, -0.2) is 4.98 Å². The highest BCUT2D eigenvalue weighted by atomic mass is 32.1. The third-order valence-corrected chi connectivity index (χ3v) is 4.49. The van der Waals surface area contributed by atoms with Gasteiger partial charge in [-0.2, -0.15) is 11.3 Å². The molecule has 0 aliphatic rings. The van der Waals surface area contributed by atoms with E-state index in [9.17, 15) is 4.79 Å². The summed E-state index contributed by atoms with van der Waals surface area (Å²) < 4.78 is 6.72. The van der Waals surface area contributed by atoms with Crippen LogP contribution in [0.3, 0.4) is 0 Å². The zero-order chi connectivity index (χ0) is 13.2. The number of fused-ring (bicyclic) bond motifs is 1. The number of esters is 1. The number of nitrogens with zero attached hydrogens (tertiary/aromatic N) is 2. The monoisotopic (exact) mass is 292 g/mol. The van der Waals surface area contributed by atoms with Crippen molar-refractivity contribution in [2.24, 2.45) is 0 Å². The minimum Gasteiger partial charge on any atom is -0.469 e. The van der Waals surface area contributed by atoms with Gasteiger partial charge in [0.1, 0.15) is 0 Å². The molecule has 0 amide bonds. The molecular formula is C13H12N2O2S2. The normalized spacial score (nSPS) is 11.0. The largest absolute Gasteiger partial charge is 0.469 e. The maximum Gasteiger partial charge on any atom is 0.305 e. The first-order valence-corrected chi connectivity index (χ1v) is 7.65. The Morgan fingerprint density at radius 1 is 1.47 bits per heavy atom. The molecule has 3 aromatic rings. The van der Waals surface area contributed by atoms with Crippen LogP contribution in [-0.4, -0.2) is 22.5 Å². The predicted octanol–water partition coefficient (Wildman–Crippen LogP) is 3.23. The number of thiazole rings is 1. The van der Waals surface area contributed by atoms with E-state index in [-0.39, 0.29) is 5.97 Å². The molecular weight excluding hydrogens is 280 g/mol. The topological polar surface area (TPSA) is 43.6 Å². The van der Waals surface area contributed by atoms with Gasteiger partial charge in [0.2, 0.25) is 0 Å². The SMILES string of the molecule is COC(=O)CCc1csc2nc(-c3ccsc3)cn12. The third kappa shape index (κ3) is 2.41. The molecule has 0 spiro atoms. The fraction of sp³-hybridized carbons (Fsp3) is 0.231. The molecule has 98 valence electrons. The number of hydrogen-bond acceptors (Lipinski definition) is 5. The van der Waals surface area contributed by atoms with Crippen molar-refractivity contribution in [2.45, 2.75) is 12.8 Å². The zero-order valence-electron chi connectivity index (χ0n) is 10.3. The number of rotatable bonds is 4. The van der Waals surface area contributed by atoms with E-state index in [1.165, 1.54) is 7.11 Å². The van der Waals surface area contributed by atoms with Gasteiger partial charge >= 0.3 is 5.97 Å². The molecule has 0 saturated carbocycles. The summed E-state index contributed by atoms with van der Waals surface area (Å²) in [6.07, 6.45) is 3.10. The van der Waals surface area contributed by atoms with E-state index in [0.29, 0.717) is 12.8 Å². The Balaban J connectivity index is 1.88. The smallest absolute Gasteiger partial charge is 0.305 e. The number of thiophene rings is 1. The fourth-order valence-corrected chi connectivity index (χ4v) is 3.45. The van der Waals surface area contributed by atoms with E-state index in [1.807, 2.05) is 17.0 Å². The molecule has 0 N–H and O–H groups in total. The summed E-state index contributed by atoms with van der Waals surface area (Å²) in [5, 5.41) is 6.17.